The molecule has 1 aromatic carbocycles. The minimum atomic E-state index is 0. The van der Waals surface area contributed by atoms with Crippen molar-refractivity contribution in [2.45, 2.75) is 33.6 Å². The zero-order valence-electron chi connectivity index (χ0n) is 12.6. The molecule has 4 heteroatoms. The Morgan fingerprint density at radius 3 is 2.80 bits per heavy atom. The second-order valence-corrected chi connectivity index (χ2v) is 6.11. The zero-order valence-corrected chi connectivity index (χ0v) is 13.4. The van der Waals surface area contributed by atoms with Crippen molar-refractivity contribution in [1.82, 2.24) is 4.90 Å². The van der Waals surface area contributed by atoms with Crippen molar-refractivity contribution < 1.29 is 4.79 Å². The molecular weight excluding hydrogens is 272 g/mol. The highest BCUT2D eigenvalue weighted by molar-refractivity contribution is 5.96. The summed E-state index contributed by atoms with van der Waals surface area (Å²) in [6, 6.07) is 5.56. The number of nitrogens with two attached hydrogens (primary N) is 1. The Morgan fingerprint density at radius 1 is 1.45 bits per heavy atom. The van der Waals surface area contributed by atoms with Crippen molar-refractivity contribution in [3.8, 4) is 0 Å². The first kappa shape index (κ1) is 16.8. The van der Waals surface area contributed by atoms with Gasteiger partial charge in [0.2, 0.25) is 0 Å². The Kier molecular flexibility index (Phi) is 5.88. The molecule has 1 atom stereocenters. The van der Waals surface area contributed by atoms with E-state index in [1.54, 1.807) is 6.07 Å². The van der Waals surface area contributed by atoms with Gasteiger partial charge in [-0.3, -0.25) is 4.79 Å². The topological polar surface area (TPSA) is 46.3 Å². The number of hydrogen-bond acceptors (Lipinski definition) is 2. The molecule has 0 saturated carbocycles. The van der Waals surface area contributed by atoms with Gasteiger partial charge in [0.1, 0.15) is 0 Å². The van der Waals surface area contributed by atoms with Crippen molar-refractivity contribution in [2.75, 3.05) is 18.8 Å². The lowest BCUT2D eigenvalue weighted by Gasteiger charge is -2.18. The van der Waals surface area contributed by atoms with Crippen molar-refractivity contribution >= 4 is 24.0 Å². The maximum Gasteiger partial charge on any atom is 0.254 e. The number of hydrogen-bond donors (Lipinski definition) is 1. The number of carbonyl (C=O) groups excluding carboxylic acids is 1. The number of halogens is 1. The van der Waals surface area contributed by atoms with E-state index in [0.29, 0.717) is 17.5 Å². The van der Waals surface area contributed by atoms with Gasteiger partial charge >= 0.3 is 0 Å². The molecule has 1 fully saturated rings. The summed E-state index contributed by atoms with van der Waals surface area (Å²) in [5.74, 6) is 1.50. The van der Waals surface area contributed by atoms with Crippen molar-refractivity contribution in [3.63, 3.8) is 0 Å². The van der Waals surface area contributed by atoms with E-state index in [1.807, 2.05) is 24.0 Å². The van der Waals surface area contributed by atoms with E-state index in [4.69, 9.17) is 5.73 Å². The van der Waals surface area contributed by atoms with E-state index in [9.17, 15) is 4.79 Å². The standard InChI is InChI=1S/C16H24N2O.ClH/c1-11(2)8-13-6-7-18(10-13)16(19)15-9-14(17)5-4-12(15)3;/h4-5,9,11,13H,6-8,10,17H2,1-3H3;1H. The maximum absolute atomic E-state index is 12.5. The summed E-state index contributed by atoms with van der Waals surface area (Å²) in [6.07, 6.45) is 2.34. The van der Waals surface area contributed by atoms with Gasteiger partial charge in [-0.05, 0) is 49.3 Å². The van der Waals surface area contributed by atoms with Gasteiger partial charge in [-0.15, -0.1) is 12.4 Å². The van der Waals surface area contributed by atoms with Crippen LogP contribution >= 0.6 is 12.4 Å². The Balaban J connectivity index is 0.00000200. The Hall–Kier alpha value is -1.22. The summed E-state index contributed by atoms with van der Waals surface area (Å²) < 4.78 is 0. The van der Waals surface area contributed by atoms with E-state index in [2.05, 4.69) is 13.8 Å². The summed E-state index contributed by atoms with van der Waals surface area (Å²) in [5, 5.41) is 0. The molecule has 20 heavy (non-hydrogen) atoms. The number of nitrogens with zero attached hydrogens (tertiary/aromatic N) is 1. The predicted octanol–water partition coefficient (Wildman–Crippen LogP) is 3.51. The third kappa shape index (κ3) is 3.89. The van der Waals surface area contributed by atoms with Crippen LogP contribution in [0.1, 0.15) is 42.6 Å². The summed E-state index contributed by atoms with van der Waals surface area (Å²) in [5.41, 5.74) is 8.21. The number of amides is 1. The first-order valence-electron chi connectivity index (χ1n) is 7.12. The van der Waals surface area contributed by atoms with Crippen molar-refractivity contribution in [2.24, 2.45) is 11.8 Å². The summed E-state index contributed by atoms with van der Waals surface area (Å²) >= 11 is 0. The summed E-state index contributed by atoms with van der Waals surface area (Å²) in [4.78, 5) is 14.5. The first-order chi connectivity index (χ1) is 8.97. The molecule has 1 aliphatic rings. The second-order valence-electron chi connectivity index (χ2n) is 6.11. The van der Waals surface area contributed by atoms with E-state index in [1.165, 1.54) is 6.42 Å². The van der Waals surface area contributed by atoms with Gasteiger partial charge in [0, 0.05) is 24.3 Å². The third-order valence-electron chi connectivity index (χ3n) is 3.87. The van der Waals surface area contributed by atoms with Crippen LogP contribution in [0.2, 0.25) is 0 Å². The number of benzene rings is 1. The molecular formula is C16H25ClN2O. The number of rotatable bonds is 3. The second kappa shape index (κ2) is 6.98. The molecule has 1 amide bonds. The van der Waals surface area contributed by atoms with Crippen LogP contribution in [0.5, 0.6) is 0 Å². The number of aryl methyl sites for hydroxylation is 1. The molecule has 1 saturated heterocycles. The molecule has 3 nitrogen and oxygen atoms in total. The van der Waals surface area contributed by atoms with E-state index < -0.39 is 0 Å². The fourth-order valence-electron chi connectivity index (χ4n) is 2.92. The molecule has 112 valence electrons. The van der Waals surface area contributed by atoms with Crippen LogP contribution in [0.4, 0.5) is 5.69 Å². The third-order valence-corrected chi connectivity index (χ3v) is 3.87. The van der Waals surface area contributed by atoms with Gasteiger partial charge in [-0.1, -0.05) is 19.9 Å². The lowest BCUT2D eigenvalue weighted by molar-refractivity contribution is 0.0785. The van der Waals surface area contributed by atoms with Crippen LogP contribution in [0.15, 0.2) is 18.2 Å². The fourth-order valence-corrected chi connectivity index (χ4v) is 2.92. The molecule has 2 N–H and O–H groups in total. The molecule has 0 radical (unpaired) electrons. The Bertz CT molecular complexity index is 474. The molecule has 0 spiro atoms. The smallest absolute Gasteiger partial charge is 0.254 e. The highest BCUT2D eigenvalue weighted by Gasteiger charge is 2.27. The minimum Gasteiger partial charge on any atom is -0.399 e. The number of nitrogen functional groups attached to an aromatic ring is 1. The van der Waals surface area contributed by atoms with Crippen LogP contribution in [0.25, 0.3) is 0 Å². The largest absolute Gasteiger partial charge is 0.399 e. The van der Waals surface area contributed by atoms with E-state index >= 15 is 0 Å². The minimum absolute atomic E-state index is 0. The normalized spacial score (nSPS) is 18.2. The molecule has 1 heterocycles. The number of likely N-dealkylation sites (tertiary alicyclic amines) is 1. The molecule has 0 aliphatic carbocycles. The average molecular weight is 297 g/mol. The van der Waals surface area contributed by atoms with Crippen LogP contribution in [-0.2, 0) is 0 Å². The molecule has 0 aromatic heterocycles. The predicted molar refractivity (Wildman–Crippen MR) is 86.3 cm³/mol. The molecule has 1 unspecified atom stereocenters. The Morgan fingerprint density at radius 2 is 2.15 bits per heavy atom. The summed E-state index contributed by atoms with van der Waals surface area (Å²) in [7, 11) is 0. The van der Waals surface area contributed by atoms with Gasteiger partial charge in [-0.25, -0.2) is 0 Å². The van der Waals surface area contributed by atoms with Gasteiger partial charge in [0.15, 0.2) is 0 Å². The highest BCUT2D eigenvalue weighted by atomic mass is 35.5. The highest BCUT2D eigenvalue weighted by Crippen LogP contribution is 2.25. The SMILES string of the molecule is Cc1ccc(N)cc1C(=O)N1CCC(CC(C)C)C1.Cl. The first-order valence-corrected chi connectivity index (χ1v) is 7.12. The zero-order chi connectivity index (χ0) is 14.0. The molecule has 2 rings (SSSR count). The monoisotopic (exact) mass is 296 g/mol. The van der Waals surface area contributed by atoms with Crippen molar-refractivity contribution in [3.05, 3.63) is 29.3 Å². The quantitative estimate of drug-likeness (QED) is 0.868. The van der Waals surface area contributed by atoms with Gasteiger partial charge in [0.25, 0.3) is 5.91 Å². The lowest BCUT2D eigenvalue weighted by atomic mass is 9.97. The number of anilines is 1. The van der Waals surface area contributed by atoms with E-state index in [-0.39, 0.29) is 18.3 Å². The average Bonchev–Trinajstić information content (AvgIpc) is 2.79. The van der Waals surface area contributed by atoms with Crippen LogP contribution in [-0.4, -0.2) is 23.9 Å². The molecule has 1 aliphatic heterocycles. The number of carbonyl (C=O) groups is 1. The van der Waals surface area contributed by atoms with Gasteiger partial charge < -0.3 is 10.6 Å². The van der Waals surface area contributed by atoms with Gasteiger partial charge in [-0.2, -0.15) is 0 Å². The van der Waals surface area contributed by atoms with Crippen LogP contribution < -0.4 is 5.73 Å². The van der Waals surface area contributed by atoms with Crippen molar-refractivity contribution in [1.29, 1.82) is 0 Å². The lowest BCUT2D eigenvalue weighted by Crippen LogP contribution is -2.29. The summed E-state index contributed by atoms with van der Waals surface area (Å²) in [6.45, 7) is 8.23. The molecule has 1 aromatic rings. The maximum atomic E-state index is 12.5. The molecule has 0 bridgehead atoms. The van der Waals surface area contributed by atoms with Crippen LogP contribution in [0.3, 0.4) is 0 Å². The van der Waals surface area contributed by atoms with Crippen LogP contribution in [0, 0.1) is 18.8 Å². The van der Waals surface area contributed by atoms with Gasteiger partial charge in [0.05, 0.1) is 0 Å². The fraction of sp³-hybridized carbons (Fsp3) is 0.562. The Labute approximate surface area is 127 Å². The van der Waals surface area contributed by atoms with E-state index in [0.717, 1.165) is 30.6 Å².